The molecule has 0 aliphatic carbocycles. The van der Waals surface area contributed by atoms with E-state index >= 15 is 0 Å². The number of hydrogen-bond acceptors (Lipinski definition) is 3. The highest BCUT2D eigenvalue weighted by atomic mass is 79.9. The average Bonchev–Trinajstić information content (AvgIpc) is 2.54. The van der Waals surface area contributed by atoms with Gasteiger partial charge in [0.1, 0.15) is 0 Å². The van der Waals surface area contributed by atoms with E-state index in [-0.39, 0.29) is 6.54 Å². The predicted molar refractivity (Wildman–Crippen MR) is 68.9 cm³/mol. The first-order valence-corrected chi connectivity index (χ1v) is 6.43. The summed E-state index contributed by atoms with van der Waals surface area (Å²) in [6, 6.07) is 0. The second-order valence-electron chi connectivity index (χ2n) is 3.88. The first-order chi connectivity index (χ1) is 7.99. The van der Waals surface area contributed by atoms with Gasteiger partial charge in [0.15, 0.2) is 0 Å². The number of rotatable bonds is 6. The van der Waals surface area contributed by atoms with Crippen molar-refractivity contribution >= 4 is 21.9 Å². The highest BCUT2D eigenvalue weighted by molar-refractivity contribution is 9.10. The van der Waals surface area contributed by atoms with Crippen molar-refractivity contribution in [1.29, 1.82) is 0 Å². The molecule has 0 amide bonds. The summed E-state index contributed by atoms with van der Waals surface area (Å²) >= 11 is 3.53. The normalized spacial score (nSPS) is 11.1. The molecule has 1 N–H and O–H groups in total. The number of nitrogens with zero attached hydrogens (tertiary/aromatic N) is 3. The fourth-order valence-corrected chi connectivity index (χ4v) is 2.42. The van der Waals surface area contributed by atoms with Gasteiger partial charge in [-0.2, -0.15) is 5.10 Å². The number of aliphatic carboxylic acids is 1. The van der Waals surface area contributed by atoms with Crippen molar-refractivity contribution in [2.75, 3.05) is 13.1 Å². The van der Waals surface area contributed by atoms with Crippen molar-refractivity contribution in [3.63, 3.8) is 0 Å². The molecule has 5 nitrogen and oxygen atoms in total. The minimum absolute atomic E-state index is 0.0512. The van der Waals surface area contributed by atoms with E-state index in [1.807, 2.05) is 30.5 Å². The van der Waals surface area contributed by atoms with Gasteiger partial charge in [0.25, 0.3) is 0 Å². The summed E-state index contributed by atoms with van der Waals surface area (Å²) in [4.78, 5) is 12.6. The summed E-state index contributed by atoms with van der Waals surface area (Å²) in [6.07, 6.45) is 0.861. The van der Waals surface area contributed by atoms with Crippen LogP contribution in [0.3, 0.4) is 0 Å². The van der Waals surface area contributed by atoms with Crippen LogP contribution in [-0.4, -0.2) is 38.8 Å². The lowest BCUT2D eigenvalue weighted by molar-refractivity contribution is -0.138. The van der Waals surface area contributed by atoms with Crippen molar-refractivity contribution in [2.24, 2.45) is 7.05 Å². The standard InChI is InChI=1S/C11H18BrN3O2/c1-4-8-11(12)9(14(3)13-8)6-15(5-2)7-10(16)17/h4-7H2,1-3H3,(H,16,17). The molecular weight excluding hydrogens is 286 g/mol. The van der Waals surface area contributed by atoms with Crippen LogP contribution in [0.1, 0.15) is 25.2 Å². The van der Waals surface area contributed by atoms with Gasteiger partial charge in [-0.25, -0.2) is 0 Å². The molecule has 6 heteroatoms. The van der Waals surface area contributed by atoms with E-state index in [4.69, 9.17) is 5.11 Å². The van der Waals surface area contributed by atoms with Crippen LogP contribution in [0.15, 0.2) is 4.47 Å². The Balaban J connectivity index is 2.85. The Morgan fingerprint density at radius 3 is 2.59 bits per heavy atom. The summed E-state index contributed by atoms with van der Waals surface area (Å²) in [5.41, 5.74) is 2.03. The number of carboxylic acids is 1. The van der Waals surface area contributed by atoms with Gasteiger partial charge < -0.3 is 5.11 Å². The molecule has 0 aliphatic heterocycles. The Morgan fingerprint density at radius 2 is 2.18 bits per heavy atom. The van der Waals surface area contributed by atoms with E-state index in [2.05, 4.69) is 21.0 Å². The van der Waals surface area contributed by atoms with Crippen LogP contribution in [0.5, 0.6) is 0 Å². The second-order valence-corrected chi connectivity index (χ2v) is 4.67. The molecule has 1 rings (SSSR count). The van der Waals surface area contributed by atoms with Crippen LogP contribution in [-0.2, 0) is 24.8 Å². The molecule has 0 saturated heterocycles. The monoisotopic (exact) mass is 303 g/mol. The van der Waals surface area contributed by atoms with Crippen molar-refractivity contribution in [3.05, 3.63) is 15.9 Å². The van der Waals surface area contributed by atoms with Crippen LogP contribution in [0, 0.1) is 0 Å². The molecule has 0 saturated carbocycles. The number of aryl methyl sites for hydroxylation is 2. The van der Waals surface area contributed by atoms with E-state index in [0.717, 1.165) is 22.3 Å². The highest BCUT2D eigenvalue weighted by Gasteiger charge is 2.16. The van der Waals surface area contributed by atoms with Crippen LogP contribution in [0.4, 0.5) is 0 Å². The molecule has 0 bridgehead atoms. The fourth-order valence-electron chi connectivity index (χ4n) is 1.67. The second kappa shape index (κ2) is 6.16. The van der Waals surface area contributed by atoms with Gasteiger partial charge in [-0.3, -0.25) is 14.4 Å². The lowest BCUT2D eigenvalue weighted by Crippen LogP contribution is -2.30. The maximum atomic E-state index is 10.7. The maximum absolute atomic E-state index is 10.7. The topological polar surface area (TPSA) is 58.4 Å². The van der Waals surface area contributed by atoms with E-state index in [9.17, 15) is 4.79 Å². The Kier molecular flexibility index (Phi) is 5.14. The molecule has 0 aromatic carbocycles. The number of carbonyl (C=O) groups is 1. The third-order valence-electron chi connectivity index (χ3n) is 2.68. The quantitative estimate of drug-likeness (QED) is 0.868. The third kappa shape index (κ3) is 3.54. The molecule has 0 aliphatic rings. The zero-order valence-electron chi connectivity index (χ0n) is 10.4. The molecule has 0 radical (unpaired) electrons. The summed E-state index contributed by atoms with van der Waals surface area (Å²) in [6.45, 7) is 5.34. The predicted octanol–water partition coefficient (Wildman–Crippen LogP) is 1.65. The molecule has 17 heavy (non-hydrogen) atoms. The molecule has 0 unspecified atom stereocenters. The van der Waals surface area contributed by atoms with E-state index < -0.39 is 5.97 Å². The maximum Gasteiger partial charge on any atom is 0.317 e. The zero-order valence-corrected chi connectivity index (χ0v) is 12.0. The summed E-state index contributed by atoms with van der Waals surface area (Å²) < 4.78 is 2.80. The minimum atomic E-state index is -0.805. The van der Waals surface area contributed by atoms with Crippen molar-refractivity contribution in [1.82, 2.24) is 14.7 Å². The Morgan fingerprint density at radius 1 is 1.53 bits per heavy atom. The van der Waals surface area contributed by atoms with Gasteiger partial charge in [0.05, 0.1) is 22.4 Å². The van der Waals surface area contributed by atoms with Gasteiger partial charge >= 0.3 is 5.97 Å². The SMILES string of the molecule is CCc1nn(C)c(CN(CC)CC(=O)O)c1Br. The van der Waals surface area contributed by atoms with E-state index in [1.165, 1.54) is 0 Å². The first kappa shape index (κ1) is 14.2. The zero-order chi connectivity index (χ0) is 13.0. The lowest BCUT2D eigenvalue weighted by Gasteiger charge is -2.18. The molecule has 0 atom stereocenters. The van der Waals surface area contributed by atoms with Gasteiger partial charge in [-0.1, -0.05) is 13.8 Å². The number of aromatic nitrogens is 2. The molecule has 0 fully saturated rings. The fraction of sp³-hybridized carbons (Fsp3) is 0.636. The summed E-state index contributed by atoms with van der Waals surface area (Å²) in [7, 11) is 1.88. The number of likely N-dealkylation sites (N-methyl/N-ethyl adjacent to an activating group) is 1. The van der Waals surface area contributed by atoms with Crippen LogP contribution in [0.2, 0.25) is 0 Å². The smallest absolute Gasteiger partial charge is 0.317 e. The summed E-state index contributed by atoms with van der Waals surface area (Å²) in [5, 5.41) is 13.2. The Bertz CT molecular complexity index is 404. The molecule has 0 spiro atoms. The Labute approximate surface area is 110 Å². The van der Waals surface area contributed by atoms with Gasteiger partial charge in [0.2, 0.25) is 0 Å². The number of halogens is 1. The van der Waals surface area contributed by atoms with Crippen molar-refractivity contribution < 1.29 is 9.90 Å². The van der Waals surface area contributed by atoms with E-state index in [1.54, 1.807) is 0 Å². The van der Waals surface area contributed by atoms with Gasteiger partial charge in [-0.15, -0.1) is 0 Å². The van der Waals surface area contributed by atoms with Crippen molar-refractivity contribution in [3.8, 4) is 0 Å². The molecule has 1 aromatic rings. The summed E-state index contributed by atoms with van der Waals surface area (Å²) in [5.74, 6) is -0.805. The largest absolute Gasteiger partial charge is 0.480 e. The molecular formula is C11H18BrN3O2. The van der Waals surface area contributed by atoms with Crippen LogP contribution in [0.25, 0.3) is 0 Å². The minimum Gasteiger partial charge on any atom is -0.480 e. The molecule has 1 heterocycles. The average molecular weight is 304 g/mol. The molecule has 1 aromatic heterocycles. The lowest BCUT2D eigenvalue weighted by atomic mass is 10.3. The van der Waals surface area contributed by atoms with Gasteiger partial charge in [0, 0.05) is 13.6 Å². The highest BCUT2D eigenvalue weighted by Crippen LogP contribution is 2.22. The van der Waals surface area contributed by atoms with Crippen LogP contribution >= 0.6 is 15.9 Å². The third-order valence-corrected chi connectivity index (χ3v) is 3.60. The number of carboxylic acid groups (broad SMARTS) is 1. The van der Waals surface area contributed by atoms with Crippen molar-refractivity contribution in [2.45, 2.75) is 26.8 Å². The van der Waals surface area contributed by atoms with Crippen LogP contribution < -0.4 is 0 Å². The Hall–Kier alpha value is -0.880. The number of hydrogen-bond donors (Lipinski definition) is 1. The first-order valence-electron chi connectivity index (χ1n) is 5.63. The molecule has 96 valence electrons. The van der Waals surface area contributed by atoms with Gasteiger partial charge in [-0.05, 0) is 28.9 Å². The van der Waals surface area contributed by atoms with E-state index in [0.29, 0.717) is 13.1 Å².